The average molecular weight is 358 g/mol. The van der Waals surface area contributed by atoms with Crippen LogP contribution in [0.25, 0.3) is 0 Å². The molecule has 0 bridgehead atoms. The van der Waals surface area contributed by atoms with Crippen LogP contribution in [-0.2, 0) is 6.54 Å². The molecular weight excluding hydrogens is 336 g/mol. The molecule has 8 heteroatoms. The van der Waals surface area contributed by atoms with Gasteiger partial charge in [-0.15, -0.1) is 0 Å². The lowest BCUT2D eigenvalue weighted by Crippen LogP contribution is -2.44. The van der Waals surface area contributed by atoms with Gasteiger partial charge in [0, 0.05) is 30.5 Å². The number of rotatable bonds is 4. The van der Waals surface area contributed by atoms with E-state index in [1.54, 1.807) is 4.90 Å². The van der Waals surface area contributed by atoms with E-state index in [1.165, 1.54) is 31.0 Å². The first-order chi connectivity index (χ1) is 12.5. The second-order valence-corrected chi connectivity index (χ2v) is 6.24. The Balaban J connectivity index is 1.83. The molecule has 0 spiro atoms. The van der Waals surface area contributed by atoms with Gasteiger partial charge >= 0.3 is 6.03 Å². The molecule has 0 unspecified atom stereocenters. The molecule has 1 aliphatic heterocycles. The number of nitrogens with zero attached hydrogens (tertiary/aromatic N) is 3. The Kier molecular flexibility index (Phi) is 4.83. The molecule has 1 N–H and O–H groups in total. The van der Waals surface area contributed by atoms with Crippen molar-refractivity contribution in [1.82, 2.24) is 9.47 Å². The smallest absolute Gasteiger partial charge is 0.322 e. The number of aryl methyl sites for hydroxylation is 1. The highest BCUT2D eigenvalue weighted by Crippen LogP contribution is 2.33. The largest absolute Gasteiger partial charge is 0.494 e. The number of hydrogen-bond acceptors (Lipinski definition) is 4. The Labute approximate surface area is 151 Å². The van der Waals surface area contributed by atoms with Gasteiger partial charge in [-0.05, 0) is 31.5 Å². The zero-order chi connectivity index (χ0) is 18.8. The molecule has 1 aliphatic rings. The maximum absolute atomic E-state index is 12.9. The summed E-state index contributed by atoms with van der Waals surface area (Å²) in [5.74, 6) is 0.261. The van der Waals surface area contributed by atoms with Gasteiger partial charge in [0.15, 0.2) is 0 Å². The van der Waals surface area contributed by atoms with E-state index in [4.69, 9.17) is 4.74 Å². The Morgan fingerprint density at radius 3 is 2.77 bits per heavy atom. The number of benzene rings is 1. The fourth-order valence-corrected chi connectivity index (χ4v) is 3.47. The van der Waals surface area contributed by atoms with Crippen LogP contribution in [0.4, 0.5) is 16.2 Å². The third-order valence-corrected chi connectivity index (χ3v) is 4.80. The molecule has 2 amide bonds. The van der Waals surface area contributed by atoms with Crippen LogP contribution in [0.2, 0.25) is 0 Å². The number of urea groups is 1. The number of nitro benzene ring substituents is 1. The molecule has 1 aromatic carbocycles. The molecule has 0 aliphatic carbocycles. The molecule has 1 atom stereocenters. The Morgan fingerprint density at radius 1 is 1.35 bits per heavy atom. The summed E-state index contributed by atoms with van der Waals surface area (Å²) in [5.41, 5.74) is 2.64. The van der Waals surface area contributed by atoms with Crippen LogP contribution in [0.1, 0.15) is 30.8 Å². The first kappa shape index (κ1) is 17.8. The van der Waals surface area contributed by atoms with Crippen LogP contribution in [-0.4, -0.2) is 34.1 Å². The van der Waals surface area contributed by atoms with Crippen molar-refractivity contribution in [2.45, 2.75) is 32.9 Å². The fraction of sp³-hybridized carbons (Fsp3) is 0.389. The normalized spacial score (nSPS) is 16.1. The van der Waals surface area contributed by atoms with Gasteiger partial charge in [-0.3, -0.25) is 10.1 Å². The third kappa shape index (κ3) is 3.10. The van der Waals surface area contributed by atoms with Gasteiger partial charge < -0.3 is 19.5 Å². The Morgan fingerprint density at radius 2 is 2.12 bits per heavy atom. The summed E-state index contributed by atoms with van der Waals surface area (Å²) >= 11 is 0. The lowest BCUT2D eigenvalue weighted by Gasteiger charge is -2.37. The van der Waals surface area contributed by atoms with Crippen molar-refractivity contribution in [3.8, 4) is 5.75 Å². The highest BCUT2D eigenvalue weighted by molar-refractivity contribution is 5.91. The van der Waals surface area contributed by atoms with Crippen molar-refractivity contribution in [1.29, 1.82) is 0 Å². The minimum atomic E-state index is -0.498. The molecule has 0 saturated heterocycles. The molecular formula is C18H22N4O4. The summed E-state index contributed by atoms with van der Waals surface area (Å²) in [7, 11) is 1.42. The number of aromatic nitrogens is 1. The maximum Gasteiger partial charge on any atom is 0.322 e. The third-order valence-electron chi connectivity index (χ3n) is 4.80. The van der Waals surface area contributed by atoms with E-state index in [-0.39, 0.29) is 23.5 Å². The molecule has 0 radical (unpaired) electrons. The lowest BCUT2D eigenvalue weighted by molar-refractivity contribution is -0.384. The summed E-state index contributed by atoms with van der Waals surface area (Å²) in [5, 5.41) is 13.7. The zero-order valence-electron chi connectivity index (χ0n) is 15.1. The first-order valence-corrected chi connectivity index (χ1v) is 8.52. The van der Waals surface area contributed by atoms with Crippen molar-refractivity contribution in [2.24, 2.45) is 0 Å². The molecule has 8 nitrogen and oxygen atoms in total. The number of nitrogens with one attached hydrogen (secondary N) is 1. The molecule has 1 aromatic heterocycles. The number of amides is 2. The van der Waals surface area contributed by atoms with Crippen molar-refractivity contribution >= 4 is 17.4 Å². The Bertz CT molecular complexity index is 846. The second kappa shape index (κ2) is 7.07. The number of methoxy groups -OCH3 is 1. The molecule has 26 heavy (non-hydrogen) atoms. The first-order valence-electron chi connectivity index (χ1n) is 8.52. The minimum Gasteiger partial charge on any atom is -0.494 e. The van der Waals surface area contributed by atoms with Gasteiger partial charge in [0.2, 0.25) is 0 Å². The molecule has 0 saturated carbocycles. The number of anilines is 1. The van der Waals surface area contributed by atoms with E-state index < -0.39 is 4.92 Å². The molecule has 138 valence electrons. The number of hydrogen-bond donors (Lipinski definition) is 1. The lowest BCUT2D eigenvalue weighted by atomic mass is 10.1. The highest BCUT2D eigenvalue weighted by Gasteiger charge is 2.30. The molecule has 3 rings (SSSR count). The maximum atomic E-state index is 12.9. The van der Waals surface area contributed by atoms with Crippen LogP contribution in [0.5, 0.6) is 5.75 Å². The van der Waals surface area contributed by atoms with Crippen LogP contribution < -0.4 is 10.1 Å². The van der Waals surface area contributed by atoms with E-state index >= 15 is 0 Å². The van der Waals surface area contributed by atoms with Crippen molar-refractivity contribution in [2.75, 3.05) is 19.0 Å². The van der Waals surface area contributed by atoms with E-state index in [1.807, 2.05) is 0 Å². The van der Waals surface area contributed by atoms with Crippen molar-refractivity contribution < 1.29 is 14.5 Å². The summed E-state index contributed by atoms with van der Waals surface area (Å²) < 4.78 is 7.44. The average Bonchev–Trinajstić information content (AvgIpc) is 3.02. The van der Waals surface area contributed by atoms with Crippen molar-refractivity contribution in [3.63, 3.8) is 0 Å². The monoisotopic (exact) mass is 358 g/mol. The number of carbonyl (C=O) groups excluding carboxylic acids is 1. The predicted molar refractivity (Wildman–Crippen MR) is 97.6 cm³/mol. The zero-order valence-corrected chi connectivity index (χ0v) is 15.1. The highest BCUT2D eigenvalue weighted by atomic mass is 16.6. The van der Waals surface area contributed by atoms with Crippen LogP contribution in [0, 0.1) is 17.0 Å². The van der Waals surface area contributed by atoms with Gasteiger partial charge in [0.1, 0.15) is 5.75 Å². The number of fused-ring (bicyclic) bond motifs is 1. The minimum absolute atomic E-state index is 0.0125. The number of non-ortho nitro benzene ring substituents is 1. The van der Waals surface area contributed by atoms with Gasteiger partial charge in [-0.25, -0.2) is 4.79 Å². The SMILES string of the molecule is CC[C@@H]1c2ccc(C)n2CCN1C(=O)Nc1ccc([N+](=O)[O-])cc1OC. The van der Waals surface area contributed by atoms with Crippen LogP contribution in [0.3, 0.4) is 0 Å². The molecule has 0 fully saturated rings. The van der Waals surface area contributed by atoms with Gasteiger partial charge in [0.25, 0.3) is 5.69 Å². The quantitative estimate of drug-likeness (QED) is 0.666. The molecule has 2 aromatic rings. The number of carbonyl (C=O) groups is 1. The summed E-state index contributed by atoms with van der Waals surface area (Å²) in [6, 6.07) is 8.02. The van der Waals surface area contributed by atoms with Gasteiger partial charge in [0.05, 0.1) is 29.8 Å². The Hall–Kier alpha value is -3.03. The summed E-state index contributed by atoms with van der Waals surface area (Å²) in [6.07, 6.45) is 0.800. The predicted octanol–water partition coefficient (Wildman–Crippen LogP) is 3.71. The summed E-state index contributed by atoms with van der Waals surface area (Å²) in [6.45, 7) is 5.46. The van der Waals surface area contributed by atoms with Crippen LogP contribution in [0.15, 0.2) is 30.3 Å². The van der Waals surface area contributed by atoms with Crippen LogP contribution >= 0.6 is 0 Å². The molecule has 2 heterocycles. The summed E-state index contributed by atoms with van der Waals surface area (Å²) in [4.78, 5) is 25.1. The second-order valence-electron chi connectivity index (χ2n) is 6.24. The number of nitro groups is 1. The number of ether oxygens (including phenoxy) is 1. The standard InChI is InChI=1S/C18H22N4O4/c1-4-15-16-8-5-12(2)20(16)9-10-21(15)18(23)19-14-7-6-13(22(24)25)11-17(14)26-3/h5-8,11,15H,4,9-10H2,1-3H3,(H,19,23)/t15-/m1/s1. The van der Waals surface area contributed by atoms with Crippen molar-refractivity contribution in [3.05, 3.63) is 51.8 Å². The van der Waals surface area contributed by atoms with E-state index in [2.05, 4.69) is 35.9 Å². The van der Waals surface area contributed by atoms with E-state index in [9.17, 15) is 14.9 Å². The van der Waals surface area contributed by atoms with E-state index in [0.717, 1.165) is 18.7 Å². The van der Waals surface area contributed by atoms with Gasteiger partial charge in [-0.2, -0.15) is 0 Å². The van der Waals surface area contributed by atoms with E-state index in [0.29, 0.717) is 12.2 Å². The fourth-order valence-electron chi connectivity index (χ4n) is 3.47. The topological polar surface area (TPSA) is 89.6 Å². The van der Waals surface area contributed by atoms with Gasteiger partial charge in [-0.1, -0.05) is 6.92 Å².